The monoisotopic (exact) mass is 366 g/mol. The predicted octanol–water partition coefficient (Wildman–Crippen LogP) is 2.71. The van der Waals surface area contributed by atoms with Gasteiger partial charge in [-0.3, -0.25) is 9.59 Å². The number of anilines is 1. The van der Waals surface area contributed by atoms with E-state index in [-0.39, 0.29) is 11.7 Å². The number of nitrogens with zero attached hydrogens (tertiary/aromatic N) is 1. The van der Waals surface area contributed by atoms with Crippen molar-refractivity contribution in [2.45, 2.75) is 20.0 Å². The van der Waals surface area contributed by atoms with E-state index < -0.39 is 18.7 Å². The third kappa shape index (κ3) is 5.97. The van der Waals surface area contributed by atoms with Crippen LogP contribution in [0, 0.1) is 11.3 Å². The summed E-state index contributed by atoms with van der Waals surface area (Å²) in [6, 6.07) is 14.5. The molecule has 0 radical (unpaired) electrons. The molecule has 2 aromatic carbocycles. The summed E-state index contributed by atoms with van der Waals surface area (Å²) in [5, 5.41) is 11.3. The topological polar surface area (TPSA) is 105 Å². The van der Waals surface area contributed by atoms with Crippen LogP contribution in [0.3, 0.4) is 0 Å². The average molecular weight is 366 g/mol. The Bertz CT molecular complexity index is 867. The lowest BCUT2D eigenvalue weighted by Gasteiger charge is -2.13. The largest absolute Gasteiger partial charge is 0.479 e. The second kappa shape index (κ2) is 9.15. The number of rotatable bonds is 7. The second-order valence-electron chi connectivity index (χ2n) is 5.69. The number of nitriles is 1. The van der Waals surface area contributed by atoms with Crippen LogP contribution in [0.5, 0.6) is 5.75 Å². The van der Waals surface area contributed by atoms with Gasteiger partial charge in [-0.25, -0.2) is 4.79 Å². The van der Waals surface area contributed by atoms with Gasteiger partial charge in [0.15, 0.2) is 18.5 Å². The van der Waals surface area contributed by atoms with Gasteiger partial charge in [0.1, 0.15) is 5.75 Å². The molecule has 138 valence electrons. The highest BCUT2D eigenvalue weighted by atomic mass is 16.6. The normalized spacial score (nSPS) is 11.0. The highest BCUT2D eigenvalue weighted by Gasteiger charge is 2.18. The Hall–Kier alpha value is -3.66. The first-order valence-corrected chi connectivity index (χ1v) is 8.13. The minimum Gasteiger partial charge on any atom is -0.479 e. The zero-order valence-corrected chi connectivity index (χ0v) is 14.9. The van der Waals surface area contributed by atoms with Gasteiger partial charge in [0.05, 0.1) is 11.6 Å². The van der Waals surface area contributed by atoms with Crippen LogP contribution < -0.4 is 10.1 Å². The average Bonchev–Trinajstić information content (AvgIpc) is 2.66. The Labute approximate surface area is 156 Å². The molecule has 2 aromatic rings. The maximum Gasteiger partial charge on any atom is 0.347 e. The van der Waals surface area contributed by atoms with E-state index in [1.807, 2.05) is 6.07 Å². The Balaban J connectivity index is 1.85. The maximum absolute atomic E-state index is 12.1. The summed E-state index contributed by atoms with van der Waals surface area (Å²) in [4.78, 5) is 35.1. The number of benzene rings is 2. The number of hydrogen-bond acceptors (Lipinski definition) is 6. The van der Waals surface area contributed by atoms with E-state index in [1.165, 1.54) is 26.0 Å². The SMILES string of the molecule is CC(=O)Nc1ccc(C(=O)COC(=O)[C@H](C)Oc2ccc(C#N)cc2)cc1. The molecule has 27 heavy (non-hydrogen) atoms. The molecule has 0 aliphatic heterocycles. The van der Waals surface area contributed by atoms with Gasteiger partial charge in [0.25, 0.3) is 0 Å². The molecule has 0 unspecified atom stereocenters. The zero-order chi connectivity index (χ0) is 19.8. The lowest BCUT2D eigenvalue weighted by atomic mass is 10.1. The number of ether oxygens (including phenoxy) is 2. The Morgan fingerprint density at radius 3 is 2.26 bits per heavy atom. The molecule has 1 atom stereocenters. The van der Waals surface area contributed by atoms with E-state index in [9.17, 15) is 14.4 Å². The van der Waals surface area contributed by atoms with E-state index >= 15 is 0 Å². The minimum absolute atomic E-state index is 0.209. The van der Waals surface area contributed by atoms with Crippen molar-refractivity contribution in [1.29, 1.82) is 5.26 Å². The van der Waals surface area contributed by atoms with Crippen LogP contribution in [0.25, 0.3) is 0 Å². The van der Waals surface area contributed by atoms with E-state index in [0.29, 0.717) is 22.6 Å². The van der Waals surface area contributed by atoms with Gasteiger partial charge < -0.3 is 14.8 Å². The molecule has 0 aliphatic rings. The van der Waals surface area contributed by atoms with Gasteiger partial charge in [-0.05, 0) is 55.5 Å². The Morgan fingerprint density at radius 1 is 1.07 bits per heavy atom. The third-order valence-electron chi connectivity index (χ3n) is 3.50. The molecule has 0 heterocycles. The number of esters is 1. The van der Waals surface area contributed by atoms with E-state index in [4.69, 9.17) is 14.7 Å². The smallest absolute Gasteiger partial charge is 0.347 e. The molecule has 2 rings (SSSR count). The van der Waals surface area contributed by atoms with E-state index in [0.717, 1.165) is 0 Å². The molecule has 1 N–H and O–H groups in total. The first-order chi connectivity index (χ1) is 12.9. The summed E-state index contributed by atoms with van der Waals surface area (Å²) in [5.41, 5.74) is 1.41. The highest BCUT2D eigenvalue weighted by molar-refractivity contribution is 5.98. The molecule has 7 nitrogen and oxygen atoms in total. The van der Waals surface area contributed by atoms with Gasteiger partial charge in [-0.2, -0.15) is 5.26 Å². The third-order valence-corrected chi connectivity index (χ3v) is 3.50. The van der Waals surface area contributed by atoms with Crippen molar-refractivity contribution in [3.63, 3.8) is 0 Å². The fourth-order valence-corrected chi connectivity index (χ4v) is 2.14. The fourth-order valence-electron chi connectivity index (χ4n) is 2.14. The van der Waals surface area contributed by atoms with Crippen molar-refractivity contribution >= 4 is 23.3 Å². The summed E-state index contributed by atoms with van der Waals surface area (Å²) in [5.74, 6) is -0.844. The number of hydrogen-bond donors (Lipinski definition) is 1. The minimum atomic E-state index is -0.909. The lowest BCUT2D eigenvalue weighted by Crippen LogP contribution is -2.28. The molecule has 1 amide bonds. The first kappa shape index (κ1) is 19.7. The summed E-state index contributed by atoms with van der Waals surface area (Å²) in [6.45, 7) is 2.48. The molecular formula is C20H18N2O5. The van der Waals surface area contributed by atoms with Crippen LogP contribution >= 0.6 is 0 Å². The van der Waals surface area contributed by atoms with Crippen LogP contribution in [-0.2, 0) is 14.3 Å². The Kier molecular flexibility index (Phi) is 6.67. The summed E-state index contributed by atoms with van der Waals surface area (Å²) in [6.07, 6.45) is -0.909. The number of carbonyl (C=O) groups is 3. The zero-order valence-electron chi connectivity index (χ0n) is 14.9. The number of ketones is 1. The van der Waals surface area contributed by atoms with Crippen molar-refractivity contribution in [3.8, 4) is 11.8 Å². The summed E-state index contributed by atoms with van der Waals surface area (Å²) in [7, 11) is 0. The fraction of sp³-hybridized carbons (Fsp3) is 0.200. The molecule has 0 aromatic heterocycles. The maximum atomic E-state index is 12.1. The van der Waals surface area contributed by atoms with Crippen LogP contribution in [0.15, 0.2) is 48.5 Å². The molecule has 0 saturated carbocycles. The summed E-state index contributed by atoms with van der Waals surface area (Å²) < 4.78 is 10.4. The van der Waals surface area contributed by atoms with Gasteiger partial charge >= 0.3 is 5.97 Å². The van der Waals surface area contributed by atoms with Crippen LogP contribution in [0.4, 0.5) is 5.69 Å². The molecule has 0 aliphatic carbocycles. The summed E-state index contributed by atoms with van der Waals surface area (Å²) >= 11 is 0. The van der Waals surface area contributed by atoms with Crippen LogP contribution in [-0.4, -0.2) is 30.4 Å². The Morgan fingerprint density at radius 2 is 1.70 bits per heavy atom. The van der Waals surface area contributed by atoms with Crippen molar-refractivity contribution in [3.05, 3.63) is 59.7 Å². The number of Topliss-reactive ketones (excluding diaryl/α,β-unsaturated/α-hetero) is 1. The molecular weight excluding hydrogens is 348 g/mol. The molecule has 0 bridgehead atoms. The highest BCUT2D eigenvalue weighted by Crippen LogP contribution is 2.14. The van der Waals surface area contributed by atoms with Crippen molar-refractivity contribution in [2.75, 3.05) is 11.9 Å². The van der Waals surface area contributed by atoms with Gasteiger partial charge in [0, 0.05) is 18.2 Å². The molecule has 0 fully saturated rings. The standard InChI is InChI=1S/C20H18N2O5/c1-13(27-18-9-3-15(11-21)4-10-18)20(25)26-12-19(24)16-5-7-17(8-6-16)22-14(2)23/h3-10,13H,12H2,1-2H3,(H,22,23)/t13-/m0/s1. The lowest BCUT2D eigenvalue weighted by molar-refractivity contribution is -0.149. The number of nitrogens with one attached hydrogen (secondary N) is 1. The number of amides is 1. The quantitative estimate of drug-likeness (QED) is 0.597. The van der Waals surface area contributed by atoms with Crippen LogP contribution in [0.1, 0.15) is 29.8 Å². The van der Waals surface area contributed by atoms with Crippen molar-refractivity contribution in [2.24, 2.45) is 0 Å². The molecule has 7 heteroatoms. The molecule has 0 saturated heterocycles. The second-order valence-corrected chi connectivity index (χ2v) is 5.69. The van der Waals surface area contributed by atoms with Gasteiger partial charge in [0.2, 0.25) is 5.91 Å². The predicted molar refractivity (Wildman–Crippen MR) is 97.3 cm³/mol. The van der Waals surface area contributed by atoms with E-state index in [2.05, 4.69) is 5.32 Å². The van der Waals surface area contributed by atoms with Crippen molar-refractivity contribution < 1.29 is 23.9 Å². The van der Waals surface area contributed by atoms with E-state index in [1.54, 1.807) is 36.4 Å². The van der Waals surface area contributed by atoms with Crippen molar-refractivity contribution in [1.82, 2.24) is 0 Å². The van der Waals surface area contributed by atoms with Gasteiger partial charge in [-0.15, -0.1) is 0 Å². The first-order valence-electron chi connectivity index (χ1n) is 8.13. The number of carbonyl (C=O) groups excluding carboxylic acids is 3. The molecule has 0 spiro atoms. The van der Waals surface area contributed by atoms with Crippen LogP contribution in [0.2, 0.25) is 0 Å². The van der Waals surface area contributed by atoms with Gasteiger partial charge in [-0.1, -0.05) is 0 Å².